The monoisotopic (exact) mass is 197 g/mol. The molecule has 1 fully saturated rings. The van der Waals surface area contributed by atoms with Crippen LogP contribution in [0.4, 0.5) is 8.78 Å². The van der Waals surface area contributed by atoms with Crippen LogP contribution in [0, 0.1) is 5.82 Å². The molecule has 0 bridgehead atoms. The predicted octanol–water partition coefficient (Wildman–Crippen LogP) is 2.59. The van der Waals surface area contributed by atoms with Gasteiger partial charge in [-0.1, -0.05) is 12.1 Å². The van der Waals surface area contributed by atoms with Crippen molar-refractivity contribution in [1.29, 1.82) is 0 Å². The first-order valence-corrected chi connectivity index (χ1v) is 4.90. The molecule has 1 aromatic rings. The average molecular weight is 197 g/mol. The van der Waals surface area contributed by atoms with Gasteiger partial charge in [-0.3, -0.25) is 0 Å². The molecule has 76 valence electrons. The van der Waals surface area contributed by atoms with Crippen molar-refractivity contribution >= 4 is 0 Å². The molecule has 0 spiro atoms. The van der Waals surface area contributed by atoms with Gasteiger partial charge in [-0.15, -0.1) is 0 Å². The van der Waals surface area contributed by atoms with Crippen molar-refractivity contribution in [2.24, 2.45) is 0 Å². The lowest BCUT2D eigenvalue weighted by Gasteiger charge is -2.27. The summed E-state index contributed by atoms with van der Waals surface area (Å²) >= 11 is 0. The lowest BCUT2D eigenvalue weighted by atomic mass is 9.96. The number of piperidine rings is 1. The third-order valence-corrected chi connectivity index (χ3v) is 2.61. The first kappa shape index (κ1) is 9.59. The van der Waals surface area contributed by atoms with E-state index in [0.717, 1.165) is 18.5 Å². The zero-order chi connectivity index (χ0) is 9.97. The van der Waals surface area contributed by atoms with E-state index in [4.69, 9.17) is 0 Å². The molecule has 1 aliphatic rings. The normalized spacial score (nSPS) is 27.6. The van der Waals surface area contributed by atoms with Gasteiger partial charge in [-0.2, -0.15) is 0 Å². The zero-order valence-corrected chi connectivity index (χ0v) is 7.84. The van der Waals surface area contributed by atoms with Crippen molar-refractivity contribution in [3.8, 4) is 0 Å². The maximum absolute atomic E-state index is 13.5. The van der Waals surface area contributed by atoms with Crippen LogP contribution < -0.4 is 5.32 Å². The number of nitrogens with one attached hydrogen (secondary N) is 1. The first-order chi connectivity index (χ1) is 6.77. The van der Waals surface area contributed by atoms with E-state index in [0.29, 0.717) is 6.42 Å². The van der Waals surface area contributed by atoms with Gasteiger partial charge in [0, 0.05) is 0 Å². The van der Waals surface area contributed by atoms with E-state index in [1.54, 1.807) is 12.1 Å². The second-order valence-electron chi connectivity index (χ2n) is 3.64. The Kier molecular flexibility index (Phi) is 2.77. The van der Waals surface area contributed by atoms with Crippen LogP contribution in [0.15, 0.2) is 24.3 Å². The summed E-state index contributed by atoms with van der Waals surface area (Å²) in [4.78, 5) is 0. The minimum Gasteiger partial charge on any atom is -0.308 e. The lowest BCUT2D eigenvalue weighted by Crippen LogP contribution is -2.35. The Hall–Kier alpha value is -0.960. The van der Waals surface area contributed by atoms with Crippen molar-refractivity contribution in [2.45, 2.75) is 25.1 Å². The van der Waals surface area contributed by atoms with Gasteiger partial charge in [0.25, 0.3) is 0 Å². The van der Waals surface area contributed by atoms with Gasteiger partial charge in [0.1, 0.15) is 12.0 Å². The third-order valence-electron chi connectivity index (χ3n) is 2.61. The minimum atomic E-state index is -0.853. The highest BCUT2D eigenvalue weighted by atomic mass is 19.1. The quantitative estimate of drug-likeness (QED) is 0.729. The number of alkyl halides is 1. The summed E-state index contributed by atoms with van der Waals surface area (Å²) < 4.78 is 26.1. The summed E-state index contributed by atoms with van der Waals surface area (Å²) in [6.45, 7) is 0.836. The molecule has 1 saturated heterocycles. The summed E-state index contributed by atoms with van der Waals surface area (Å²) in [5, 5.41) is 3.11. The topological polar surface area (TPSA) is 12.0 Å². The van der Waals surface area contributed by atoms with Crippen LogP contribution in [0.5, 0.6) is 0 Å². The Morgan fingerprint density at radius 3 is 2.57 bits per heavy atom. The fourth-order valence-electron chi connectivity index (χ4n) is 1.85. The van der Waals surface area contributed by atoms with Crippen LogP contribution in [0.1, 0.15) is 24.4 Å². The fourth-order valence-corrected chi connectivity index (χ4v) is 1.85. The van der Waals surface area contributed by atoms with Crippen LogP contribution in [-0.2, 0) is 0 Å². The van der Waals surface area contributed by atoms with E-state index in [1.165, 1.54) is 12.1 Å². The molecular weight excluding hydrogens is 184 g/mol. The summed E-state index contributed by atoms with van der Waals surface area (Å²) in [5.41, 5.74) is 0.832. The van der Waals surface area contributed by atoms with Crippen LogP contribution in [0.25, 0.3) is 0 Å². The highest BCUT2D eigenvalue weighted by molar-refractivity contribution is 5.21. The van der Waals surface area contributed by atoms with E-state index in [-0.39, 0.29) is 11.9 Å². The largest absolute Gasteiger partial charge is 0.308 e. The molecule has 1 aromatic carbocycles. The Bertz CT molecular complexity index is 297. The average Bonchev–Trinajstić information content (AvgIpc) is 2.20. The van der Waals surface area contributed by atoms with E-state index >= 15 is 0 Å². The molecular formula is C11H13F2N. The van der Waals surface area contributed by atoms with E-state index < -0.39 is 6.17 Å². The van der Waals surface area contributed by atoms with Gasteiger partial charge >= 0.3 is 0 Å². The number of rotatable bonds is 1. The van der Waals surface area contributed by atoms with E-state index in [9.17, 15) is 8.78 Å². The number of halogens is 2. The van der Waals surface area contributed by atoms with Crippen LogP contribution in [-0.4, -0.2) is 12.7 Å². The van der Waals surface area contributed by atoms with Crippen LogP contribution in [0.3, 0.4) is 0 Å². The van der Waals surface area contributed by atoms with Gasteiger partial charge in [0.05, 0.1) is 6.04 Å². The van der Waals surface area contributed by atoms with Gasteiger partial charge in [0.2, 0.25) is 0 Å². The lowest BCUT2D eigenvalue weighted by molar-refractivity contribution is 0.201. The first-order valence-electron chi connectivity index (χ1n) is 4.90. The summed E-state index contributed by atoms with van der Waals surface area (Å²) in [6.07, 6.45) is 0.614. The smallest absolute Gasteiger partial charge is 0.123 e. The summed E-state index contributed by atoms with van der Waals surface area (Å²) in [5.74, 6) is -0.278. The summed E-state index contributed by atoms with van der Waals surface area (Å²) in [7, 11) is 0. The molecule has 0 amide bonds. The molecule has 2 rings (SSSR count). The third kappa shape index (κ3) is 1.93. The van der Waals surface area contributed by atoms with Crippen LogP contribution >= 0.6 is 0 Å². The standard InChI is InChI=1S/C11H13F2N/c12-9-5-3-8(4-6-9)11-10(13)2-1-7-14-11/h3-6,10-11,14H,1-2,7H2. The SMILES string of the molecule is Fc1ccc(C2NCCCC2F)cc1. The predicted molar refractivity (Wildman–Crippen MR) is 51.3 cm³/mol. The molecule has 0 aliphatic carbocycles. The Balaban J connectivity index is 2.16. The summed E-state index contributed by atoms with van der Waals surface area (Å²) in [6, 6.07) is 5.77. The van der Waals surface area contributed by atoms with Crippen molar-refractivity contribution in [2.75, 3.05) is 6.54 Å². The van der Waals surface area contributed by atoms with Crippen molar-refractivity contribution in [1.82, 2.24) is 5.32 Å². The highest BCUT2D eigenvalue weighted by Gasteiger charge is 2.25. The molecule has 1 nitrogen and oxygen atoms in total. The van der Waals surface area contributed by atoms with E-state index in [1.807, 2.05) is 0 Å². The Morgan fingerprint density at radius 2 is 1.93 bits per heavy atom. The van der Waals surface area contributed by atoms with Gasteiger partial charge in [0.15, 0.2) is 0 Å². The number of benzene rings is 1. The van der Waals surface area contributed by atoms with Crippen LogP contribution in [0.2, 0.25) is 0 Å². The van der Waals surface area contributed by atoms with Gasteiger partial charge in [-0.05, 0) is 37.1 Å². The molecule has 2 unspecified atom stereocenters. The zero-order valence-electron chi connectivity index (χ0n) is 7.84. The molecule has 0 saturated carbocycles. The van der Waals surface area contributed by atoms with Crippen molar-refractivity contribution in [3.63, 3.8) is 0 Å². The second kappa shape index (κ2) is 4.05. The minimum absolute atomic E-state index is 0.260. The molecule has 14 heavy (non-hydrogen) atoms. The molecule has 2 atom stereocenters. The molecule has 1 N–H and O–H groups in total. The maximum Gasteiger partial charge on any atom is 0.123 e. The van der Waals surface area contributed by atoms with E-state index in [2.05, 4.69) is 5.32 Å². The molecule has 1 aliphatic heterocycles. The van der Waals surface area contributed by atoms with Gasteiger partial charge in [-0.25, -0.2) is 8.78 Å². The Labute approximate surface area is 82.1 Å². The highest BCUT2D eigenvalue weighted by Crippen LogP contribution is 2.25. The van der Waals surface area contributed by atoms with Crippen molar-refractivity contribution in [3.05, 3.63) is 35.6 Å². The molecule has 1 heterocycles. The molecule has 3 heteroatoms. The number of hydrogen-bond acceptors (Lipinski definition) is 1. The maximum atomic E-state index is 13.5. The van der Waals surface area contributed by atoms with Crippen molar-refractivity contribution < 1.29 is 8.78 Å². The molecule has 0 radical (unpaired) electrons. The Morgan fingerprint density at radius 1 is 1.21 bits per heavy atom. The molecule has 0 aromatic heterocycles. The number of hydrogen-bond donors (Lipinski definition) is 1. The van der Waals surface area contributed by atoms with Gasteiger partial charge < -0.3 is 5.32 Å². The second-order valence-corrected chi connectivity index (χ2v) is 3.64. The fraction of sp³-hybridized carbons (Fsp3) is 0.455.